The molecule has 2 unspecified atom stereocenters. The van der Waals surface area contributed by atoms with Crippen molar-refractivity contribution in [3.05, 3.63) is 23.3 Å². The van der Waals surface area contributed by atoms with E-state index in [0.717, 1.165) is 54.9 Å². The van der Waals surface area contributed by atoms with Crippen LogP contribution in [0.4, 0.5) is 0 Å². The Morgan fingerprint density at radius 3 is 2.88 bits per heavy atom. The van der Waals surface area contributed by atoms with Gasteiger partial charge in [-0.25, -0.2) is 0 Å². The van der Waals surface area contributed by atoms with E-state index in [4.69, 9.17) is 9.84 Å². The monoisotopic (exact) mass is 512 g/mol. The molecule has 0 aromatic heterocycles. The predicted molar refractivity (Wildman–Crippen MR) is 140 cm³/mol. The normalized spacial score (nSPS) is 24.8. The highest BCUT2D eigenvalue weighted by molar-refractivity contribution is 8.22. The van der Waals surface area contributed by atoms with Crippen molar-refractivity contribution in [3.8, 4) is 11.5 Å². The van der Waals surface area contributed by atoms with Crippen molar-refractivity contribution >= 4 is 47.0 Å². The Labute approximate surface area is 210 Å². The van der Waals surface area contributed by atoms with Gasteiger partial charge in [0.2, 0.25) is 0 Å². The number of hydrogen-bond acceptors (Lipinski definition) is 7. The van der Waals surface area contributed by atoms with E-state index in [0.29, 0.717) is 41.9 Å². The summed E-state index contributed by atoms with van der Waals surface area (Å²) in [6, 6.07) is 3.46. The molecule has 0 radical (unpaired) electrons. The second kappa shape index (κ2) is 12.6. The summed E-state index contributed by atoms with van der Waals surface area (Å²) in [5.74, 6) is 3.60. The van der Waals surface area contributed by atoms with Crippen LogP contribution in [0.3, 0.4) is 0 Å². The van der Waals surface area contributed by atoms with Crippen molar-refractivity contribution in [1.29, 1.82) is 0 Å². The average Bonchev–Trinajstić information content (AvgIpc) is 3.13. The summed E-state index contributed by atoms with van der Waals surface area (Å²) in [5, 5.41) is 20.2. The van der Waals surface area contributed by atoms with E-state index < -0.39 is 5.97 Å². The molecule has 8 heteroatoms. The number of rotatable bonds is 12. The highest BCUT2D eigenvalue weighted by Gasteiger charge is 2.44. The lowest BCUT2D eigenvalue weighted by molar-refractivity contribution is -0.138. The summed E-state index contributed by atoms with van der Waals surface area (Å²) in [6.45, 7) is 4.10. The predicted octanol–water partition coefficient (Wildman–Crippen LogP) is 6.26. The number of aliphatic carboxylic acids is 1. The average molecular weight is 513 g/mol. The summed E-state index contributed by atoms with van der Waals surface area (Å²) in [7, 11) is 0. The molecular formula is C25H36O5S3. The van der Waals surface area contributed by atoms with Gasteiger partial charge >= 0.3 is 5.97 Å². The molecule has 1 aromatic carbocycles. The first-order valence-corrected chi connectivity index (χ1v) is 15.0. The first kappa shape index (κ1) is 26.6. The van der Waals surface area contributed by atoms with Crippen LogP contribution in [0, 0.1) is 5.92 Å². The maximum atomic E-state index is 11.7. The lowest BCUT2D eigenvalue weighted by Gasteiger charge is -2.36. The number of carboxylic acids is 1. The van der Waals surface area contributed by atoms with Gasteiger partial charge in [-0.2, -0.15) is 11.8 Å². The Hall–Kier alpha value is -0.990. The van der Waals surface area contributed by atoms with E-state index in [1.165, 1.54) is 13.3 Å². The van der Waals surface area contributed by atoms with Crippen LogP contribution in [0.1, 0.15) is 74.7 Å². The van der Waals surface area contributed by atoms with E-state index in [-0.39, 0.29) is 15.6 Å². The summed E-state index contributed by atoms with van der Waals surface area (Å²) in [6.07, 6.45) is 7.27. The molecule has 0 amide bonds. The van der Waals surface area contributed by atoms with Gasteiger partial charge in [-0.15, -0.1) is 23.5 Å². The third-order valence-corrected chi connectivity index (χ3v) is 11.5. The number of benzene rings is 1. The number of carbonyl (C=O) groups excluding carboxylic acids is 1. The number of carboxylic acid groups (broad SMARTS) is 1. The molecule has 33 heavy (non-hydrogen) atoms. The number of aromatic hydroxyl groups is 1. The minimum Gasteiger partial charge on any atom is -0.507 e. The van der Waals surface area contributed by atoms with Crippen molar-refractivity contribution in [2.75, 3.05) is 23.9 Å². The lowest BCUT2D eigenvalue weighted by Crippen LogP contribution is -2.28. The molecule has 1 heterocycles. The van der Waals surface area contributed by atoms with E-state index in [9.17, 15) is 14.7 Å². The lowest BCUT2D eigenvalue weighted by atomic mass is 9.86. The highest BCUT2D eigenvalue weighted by atomic mass is 32.2. The molecule has 0 bridgehead atoms. The summed E-state index contributed by atoms with van der Waals surface area (Å²) < 4.78 is 6.22. The van der Waals surface area contributed by atoms with Crippen LogP contribution in [-0.4, -0.2) is 55.2 Å². The Balaban J connectivity index is 1.38. The fourth-order valence-corrected chi connectivity index (χ4v) is 10.1. The molecule has 5 nitrogen and oxygen atoms in total. The molecule has 2 fully saturated rings. The Bertz CT molecular complexity index is 831. The van der Waals surface area contributed by atoms with Crippen molar-refractivity contribution in [1.82, 2.24) is 0 Å². The Kier molecular flexibility index (Phi) is 10.2. The molecule has 1 aliphatic carbocycles. The number of hydrogen-bond donors (Lipinski definition) is 2. The highest BCUT2D eigenvalue weighted by Crippen LogP contribution is 2.57. The quantitative estimate of drug-likeness (QED) is 0.251. The first-order chi connectivity index (χ1) is 15.8. The molecule has 1 spiro atoms. The maximum absolute atomic E-state index is 11.7. The molecule has 1 aliphatic heterocycles. The Morgan fingerprint density at radius 2 is 2.15 bits per heavy atom. The summed E-state index contributed by atoms with van der Waals surface area (Å²) in [4.78, 5) is 22.8. The zero-order valence-corrected chi connectivity index (χ0v) is 22.1. The fraction of sp³-hybridized carbons (Fsp3) is 0.680. The molecule has 1 saturated heterocycles. The van der Waals surface area contributed by atoms with Gasteiger partial charge in [-0.05, 0) is 62.8 Å². The smallest absolute Gasteiger partial charge is 0.303 e. The van der Waals surface area contributed by atoms with Crippen LogP contribution in [0.5, 0.6) is 11.5 Å². The third-order valence-electron chi connectivity index (χ3n) is 6.26. The molecular weight excluding hydrogens is 476 g/mol. The maximum Gasteiger partial charge on any atom is 0.303 e. The van der Waals surface area contributed by atoms with Crippen molar-refractivity contribution < 1.29 is 24.5 Å². The number of ketones is 1. The van der Waals surface area contributed by atoms with Crippen LogP contribution >= 0.6 is 35.3 Å². The van der Waals surface area contributed by atoms with Gasteiger partial charge in [0.1, 0.15) is 11.5 Å². The van der Waals surface area contributed by atoms with E-state index in [2.05, 4.69) is 23.5 Å². The topological polar surface area (TPSA) is 83.8 Å². The number of phenolic OH excluding ortho intramolecular Hbond substituents is 1. The van der Waals surface area contributed by atoms with Gasteiger partial charge in [0.25, 0.3) is 0 Å². The standard InChI is InChI=1S/C25H36O5S3/c1-3-6-21-22(9-8-20(17(2)26)24(21)29)30-11-5-12-31-15-19-16-32-25(33-19)10-4-7-18(14-25)13-23(27)28/h8-9,18-19,29H,3-7,10-16H2,1-2H3,(H,27,28)/t18?,19?,25-/m1/s1. The van der Waals surface area contributed by atoms with Crippen molar-refractivity contribution in [2.45, 2.75) is 74.5 Å². The van der Waals surface area contributed by atoms with Crippen molar-refractivity contribution in [3.63, 3.8) is 0 Å². The van der Waals surface area contributed by atoms with Crippen LogP contribution in [0.2, 0.25) is 0 Å². The van der Waals surface area contributed by atoms with Crippen LogP contribution in [0.15, 0.2) is 12.1 Å². The summed E-state index contributed by atoms with van der Waals surface area (Å²) in [5.41, 5.74) is 1.09. The van der Waals surface area contributed by atoms with Gasteiger partial charge in [0, 0.05) is 28.7 Å². The van der Waals surface area contributed by atoms with Gasteiger partial charge in [-0.3, -0.25) is 9.59 Å². The van der Waals surface area contributed by atoms with Gasteiger partial charge in [-0.1, -0.05) is 19.8 Å². The molecule has 2 N–H and O–H groups in total. The van der Waals surface area contributed by atoms with Gasteiger partial charge < -0.3 is 14.9 Å². The first-order valence-electron chi connectivity index (χ1n) is 11.9. The number of ether oxygens (including phenoxy) is 1. The van der Waals surface area contributed by atoms with Crippen molar-refractivity contribution in [2.24, 2.45) is 5.92 Å². The summed E-state index contributed by atoms with van der Waals surface area (Å²) >= 11 is 6.13. The molecule has 1 aromatic rings. The van der Waals surface area contributed by atoms with Crippen LogP contribution < -0.4 is 4.74 Å². The number of Topliss-reactive ketones (excluding diaryl/α,β-unsaturated/α-hetero) is 1. The molecule has 3 atom stereocenters. The molecule has 184 valence electrons. The second-order valence-electron chi connectivity index (χ2n) is 9.04. The van der Waals surface area contributed by atoms with Crippen LogP contribution in [0.25, 0.3) is 0 Å². The SMILES string of the molecule is CCCc1c(OCCCSCC2CS[C@]3(CCCC(CC(=O)O)C3)S2)ccc(C(C)=O)c1O. The van der Waals surface area contributed by atoms with E-state index in [1.807, 2.05) is 24.8 Å². The zero-order chi connectivity index (χ0) is 23.8. The Morgan fingerprint density at radius 1 is 1.33 bits per heavy atom. The fourth-order valence-electron chi connectivity index (χ4n) is 4.75. The van der Waals surface area contributed by atoms with Gasteiger partial charge in [0.05, 0.1) is 16.2 Å². The molecule has 2 aliphatic rings. The second-order valence-corrected chi connectivity index (χ2v) is 13.5. The number of phenols is 1. The van der Waals surface area contributed by atoms with E-state index >= 15 is 0 Å². The van der Waals surface area contributed by atoms with Crippen LogP contribution in [-0.2, 0) is 11.2 Å². The van der Waals surface area contributed by atoms with Gasteiger partial charge in [0.15, 0.2) is 5.78 Å². The third kappa shape index (κ3) is 7.49. The minimum absolute atomic E-state index is 0.0641. The number of thioether (sulfide) groups is 3. The van der Waals surface area contributed by atoms with E-state index in [1.54, 1.807) is 6.07 Å². The number of carbonyl (C=O) groups is 2. The molecule has 3 rings (SSSR count). The minimum atomic E-state index is -0.661. The molecule has 1 saturated carbocycles. The zero-order valence-electron chi connectivity index (χ0n) is 19.6. The largest absolute Gasteiger partial charge is 0.507 e.